The molecule has 82 valence electrons. The Morgan fingerprint density at radius 3 is 2.29 bits per heavy atom. The summed E-state index contributed by atoms with van der Waals surface area (Å²) in [5.41, 5.74) is 0. The fraction of sp³-hybridized carbons (Fsp3) is 0.625. The lowest BCUT2D eigenvalue weighted by atomic mass is 10.6. The summed E-state index contributed by atoms with van der Waals surface area (Å²) in [7, 11) is -3.04. The summed E-state index contributed by atoms with van der Waals surface area (Å²) in [5, 5.41) is 2.67. The molecule has 0 aliphatic carbocycles. The second-order valence-corrected chi connectivity index (χ2v) is 6.13. The van der Waals surface area contributed by atoms with Crippen molar-refractivity contribution in [3.05, 3.63) is 10.8 Å². The maximum absolute atomic E-state index is 10.8. The summed E-state index contributed by atoms with van der Waals surface area (Å²) >= 11 is 6.36. The van der Waals surface area contributed by atoms with E-state index in [1.807, 2.05) is 18.7 Å². The number of nitrogens with zero attached hydrogens (tertiary/aromatic N) is 1. The van der Waals surface area contributed by atoms with Gasteiger partial charge in [-0.05, 0) is 19.3 Å². The Balaban J connectivity index is 4.15. The van der Waals surface area contributed by atoms with Crippen molar-refractivity contribution in [1.82, 2.24) is 4.90 Å². The topological polar surface area (TPSA) is 37.4 Å². The van der Waals surface area contributed by atoms with Gasteiger partial charge in [-0.25, -0.2) is 8.42 Å². The van der Waals surface area contributed by atoms with Gasteiger partial charge < -0.3 is 4.90 Å². The highest BCUT2D eigenvalue weighted by Crippen LogP contribution is 2.11. The molecule has 0 saturated carbocycles. The largest absolute Gasteiger partial charge is 0.358 e. The Hall–Kier alpha value is -0.0700. The van der Waals surface area contributed by atoms with Crippen molar-refractivity contribution in [2.75, 3.05) is 19.3 Å². The van der Waals surface area contributed by atoms with Crippen molar-refractivity contribution < 1.29 is 8.42 Å². The number of hydrogen-bond donors (Lipinski definition) is 0. The van der Waals surface area contributed by atoms with Crippen LogP contribution in [0.25, 0.3) is 0 Å². The van der Waals surface area contributed by atoms with Crippen LogP contribution in [0.15, 0.2) is 10.8 Å². The van der Waals surface area contributed by atoms with E-state index in [-0.39, 0.29) is 0 Å². The van der Waals surface area contributed by atoms with E-state index in [2.05, 4.69) is 0 Å². The smallest absolute Gasteiger partial charge is 0.169 e. The molecule has 0 fully saturated rings. The van der Waals surface area contributed by atoms with Gasteiger partial charge in [-0.1, -0.05) is 24.0 Å². The Bertz CT molecular complexity index is 305. The van der Waals surface area contributed by atoms with Crippen LogP contribution < -0.4 is 0 Å². The molecule has 14 heavy (non-hydrogen) atoms. The fourth-order valence-corrected chi connectivity index (χ4v) is 2.72. The van der Waals surface area contributed by atoms with Crippen LogP contribution in [0.1, 0.15) is 13.8 Å². The molecular formula is C8H15NO2S3. The summed E-state index contributed by atoms with van der Waals surface area (Å²) in [6, 6.07) is 0. The molecule has 0 amide bonds. The van der Waals surface area contributed by atoms with Crippen LogP contribution >= 0.6 is 24.0 Å². The SMILES string of the molecule is CCN(CC)C(=S)S/C=C/S(C)(=O)=O. The first-order chi connectivity index (χ1) is 6.40. The normalized spacial score (nSPS) is 11.9. The van der Waals surface area contributed by atoms with Crippen molar-refractivity contribution >= 4 is 38.1 Å². The van der Waals surface area contributed by atoms with Gasteiger partial charge in [-0.3, -0.25) is 0 Å². The highest BCUT2D eigenvalue weighted by molar-refractivity contribution is 8.25. The molecule has 0 spiro atoms. The molecule has 6 heteroatoms. The summed E-state index contributed by atoms with van der Waals surface area (Å²) in [5.74, 6) is 0. The lowest BCUT2D eigenvalue weighted by Gasteiger charge is -2.19. The molecule has 0 aromatic carbocycles. The van der Waals surface area contributed by atoms with Gasteiger partial charge in [0.15, 0.2) is 9.84 Å². The molecule has 0 atom stereocenters. The second-order valence-electron chi connectivity index (χ2n) is 2.66. The van der Waals surface area contributed by atoms with Gasteiger partial charge in [0.2, 0.25) is 0 Å². The molecule has 0 bridgehead atoms. The molecule has 0 N–H and O–H groups in total. The van der Waals surface area contributed by atoms with E-state index in [1.54, 1.807) is 0 Å². The summed E-state index contributed by atoms with van der Waals surface area (Å²) in [4.78, 5) is 1.99. The van der Waals surface area contributed by atoms with E-state index in [0.29, 0.717) is 4.32 Å². The minimum atomic E-state index is -3.04. The first kappa shape index (κ1) is 13.9. The van der Waals surface area contributed by atoms with Gasteiger partial charge in [-0.2, -0.15) is 0 Å². The van der Waals surface area contributed by atoms with E-state index in [9.17, 15) is 8.42 Å². The van der Waals surface area contributed by atoms with Gasteiger partial charge in [0.25, 0.3) is 0 Å². The Kier molecular flexibility index (Phi) is 6.39. The fourth-order valence-electron chi connectivity index (χ4n) is 0.743. The highest BCUT2D eigenvalue weighted by atomic mass is 32.2. The third kappa shape index (κ3) is 6.39. The number of rotatable bonds is 4. The van der Waals surface area contributed by atoms with Crippen molar-refractivity contribution in [3.63, 3.8) is 0 Å². The van der Waals surface area contributed by atoms with Crippen LogP contribution in [0.4, 0.5) is 0 Å². The van der Waals surface area contributed by atoms with Crippen LogP contribution in [0.2, 0.25) is 0 Å². The van der Waals surface area contributed by atoms with Gasteiger partial charge >= 0.3 is 0 Å². The molecular weight excluding hydrogens is 238 g/mol. The second kappa shape index (κ2) is 6.42. The molecule has 0 unspecified atom stereocenters. The maximum atomic E-state index is 10.8. The molecule has 0 heterocycles. The maximum Gasteiger partial charge on any atom is 0.169 e. The standard InChI is InChI=1S/C8H15NO2S3/c1-4-9(5-2)8(12)13-6-7-14(3,10)11/h6-7H,4-5H2,1-3H3/b7-6+. The zero-order valence-electron chi connectivity index (χ0n) is 8.56. The highest BCUT2D eigenvalue weighted by Gasteiger charge is 2.03. The van der Waals surface area contributed by atoms with Crippen molar-refractivity contribution in [3.8, 4) is 0 Å². The quantitative estimate of drug-likeness (QED) is 0.715. The van der Waals surface area contributed by atoms with Crippen molar-refractivity contribution in [1.29, 1.82) is 0 Å². The van der Waals surface area contributed by atoms with Gasteiger partial charge in [0, 0.05) is 24.8 Å². The van der Waals surface area contributed by atoms with Crippen molar-refractivity contribution in [2.45, 2.75) is 13.8 Å². The third-order valence-electron chi connectivity index (χ3n) is 1.49. The van der Waals surface area contributed by atoms with E-state index < -0.39 is 9.84 Å². The van der Waals surface area contributed by atoms with E-state index in [4.69, 9.17) is 12.2 Å². The van der Waals surface area contributed by atoms with Crippen LogP contribution in [-0.4, -0.2) is 37.0 Å². The zero-order valence-corrected chi connectivity index (χ0v) is 11.0. The number of thiocarbonyl (C=S) groups is 1. The lowest BCUT2D eigenvalue weighted by molar-refractivity contribution is 0.482. The molecule has 0 aromatic rings. The lowest BCUT2D eigenvalue weighted by Crippen LogP contribution is -2.26. The van der Waals surface area contributed by atoms with Crippen LogP contribution in [0.3, 0.4) is 0 Å². The predicted octanol–water partition coefficient (Wildman–Crippen LogP) is 1.86. The van der Waals surface area contributed by atoms with Crippen LogP contribution in [0, 0.1) is 0 Å². The number of hydrogen-bond acceptors (Lipinski definition) is 4. The average molecular weight is 253 g/mol. The molecule has 0 aromatic heterocycles. The monoisotopic (exact) mass is 253 g/mol. The van der Waals surface area contributed by atoms with E-state index >= 15 is 0 Å². The molecule has 3 nitrogen and oxygen atoms in total. The molecule has 0 radical (unpaired) electrons. The molecule has 0 saturated heterocycles. The summed E-state index contributed by atoms with van der Waals surface area (Å²) in [6.45, 7) is 5.71. The van der Waals surface area contributed by atoms with Crippen molar-refractivity contribution in [2.24, 2.45) is 0 Å². The van der Waals surface area contributed by atoms with E-state index in [1.165, 1.54) is 17.2 Å². The van der Waals surface area contributed by atoms with Crippen LogP contribution in [-0.2, 0) is 9.84 Å². The molecule has 0 rings (SSSR count). The van der Waals surface area contributed by atoms with Gasteiger partial charge in [0.05, 0.1) is 0 Å². The third-order valence-corrected chi connectivity index (χ3v) is 3.57. The number of thioether (sulfide) groups is 1. The number of sulfone groups is 1. The Morgan fingerprint density at radius 2 is 1.93 bits per heavy atom. The minimum Gasteiger partial charge on any atom is -0.358 e. The Labute approximate surface area is 95.5 Å². The molecule has 0 aliphatic heterocycles. The van der Waals surface area contributed by atoms with Gasteiger partial charge in [-0.15, -0.1) is 0 Å². The zero-order chi connectivity index (χ0) is 11.2. The minimum absolute atomic E-state index is 0.704. The average Bonchev–Trinajstić information content (AvgIpc) is 2.04. The summed E-state index contributed by atoms with van der Waals surface area (Å²) in [6.07, 6.45) is 1.16. The van der Waals surface area contributed by atoms with Gasteiger partial charge in [0.1, 0.15) is 4.32 Å². The van der Waals surface area contributed by atoms with E-state index in [0.717, 1.165) is 24.8 Å². The predicted molar refractivity (Wildman–Crippen MR) is 67.1 cm³/mol. The summed E-state index contributed by atoms with van der Waals surface area (Å²) < 4.78 is 22.2. The first-order valence-corrected chi connectivity index (χ1v) is 7.47. The first-order valence-electron chi connectivity index (χ1n) is 4.22. The molecule has 0 aliphatic rings. The van der Waals surface area contributed by atoms with Crippen LogP contribution in [0.5, 0.6) is 0 Å². The Morgan fingerprint density at radius 1 is 1.43 bits per heavy atom.